The molecule has 5 heteroatoms. The second kappa shape index (κ2) is 10.9. The van der Waals surface area contributed by atoms with Crippen molar-refractivity contribution >= 4 is 5.96 Å². The average molecular weight is 286 g/mol. The molecule has 0 spiro atoms. The zero-order valence-electron chi connectivity index (χ0n) is 14.1. The maximum atomic E-state index is 5.93. The van der Waals surface area contributed by atoms with Crippen LogP contribution in [0.25, 0.3) is 0 Å². The van der Waals surface area contributed by atoms with Gasteiger partial charge in [0.15, 0.2) is 5.96 Å². The number of rotatable bonds is 10. The van der Waals surface area contributed by atoms with Crippen molar-refractivity contribution in [3.05, 3.63) is 0 Å². The molecule has 0 aromatic heterocycles. The first kappa shape index (κ1) is 19.2. The summed E-state index contributed by atoms with van der Waals surface area (Å²) in [5.41, 5.74) is 5.93. The van der Waals surface area contributed by atoms with Gasteiger partial charge in [0.05, 0.1) is 13.2 Å². The Morgan fingerprint density at radius 2 is 1.85 bits per heavy atom. The first-order valence-corrected chi connectivity index (χ1v) is 7.73. The molecule has 0 fully saturated rings. The van der Waals surface area contributed by atoms with Crippen molar-refractivity contribution in [2.24, 2.45) is 16.6 Å². The molecule has 0 aliphatic carbocycles. The maximum Gasteiger partial charge on any atom is 0.188 e. The second-order valence-corrected chi connectivity index (χ2v) is 5.73. The lowest BCUT2D eigenvalue weighted by Crippen LogP contribution is -2.43. The number of guanidine groups is 1. The predicted octanol–water partition coefficient (Wildman–Crippen LogP) is 1.68. The molecule has 0 aromatic carbocycles. The highest BCUT2D eigenvalue weighted by Gasteiger charge is 2.16. The average Bonchev–Trinajstić information content (AvgIpc) is 2.36. The van der Waals surface area contributed by atoms with Crippen LogP contribution < -0.4 is 11.1 Å². The van der Waals surface area contributed by atoms with Crippen LogP contribution in [-0.4, -0.2) is 56.3 Å². The van der Waals surface area contributed by atoms with Gasteiger partial charge in [-0.2, -0.15) is 0 Å². The molecule has 2 atom stereocenters. The highest BCUT2D eigenvalue weighted by atomic mass is 16.5. The third-order valence-electron chi connectivity index (χ3n) is 3.36. The van der Waals surface area contributed by atoms with E-state index in [0.717, 1.165) is 26.1 Å². The van der Waals surface area contributed by atoms with Crippen LogP contribution in [0.15, 0.2) is 4.99 Å². The Morgan fingerprint density at radius 1 is 1.25 bits per heavy atom. The van der Waals surface area contributed by atoms with E-state index in [9.17, 15) is 0 Å². The smallest absolute Gasteiger partial charge is 0.188 e. The van der Waals surface area contributed by atoms with Crippen molar-refractivity contribution in [3.63, 3.8) is 0 Å². The van der Waals surface area contributed by atoms with Gasteiger partial charge < -0.3 is 15.8 Å². The van der Waals surface area contributed by atoms with Crippen molar-refractivity contribution in [2.45, 2.75) is 53.1 Å². The normalized spacial score (nSPS) is 15.7. The van der Waals surface area contributed by atoms with Crippen molar-refractivity contribution < 1.29 is 4.74 Å². The van der Waals surface area contributed by atoms with Crippen LogP contribution in [0.3, 0.4) is 0 Å². The zero-order valence-corrected chi connectivity index (χ0v) is 14.1. The minimum atomic E-state index is 0.181. The van der Waals surface area contributed by atoms with Gasteiger partial charge in [0.2, 0.25) is 0 Å². The van der Waals surface area contributed by atoms with E-state index in [1.807, 2.05) is 6.92 Å². The summed E-state index contributed by atoms with van der Waals surface area (Å²) in [6, 6.07) is 0.642. The predicted molar refractivity (Wildman–Crippen MR) is 87.1 cm³/mol. The van der Waals surface area contributed by atoms with Gasteiger partial charge in [0, 0.05) is 19.2 Å². The summed E-state index contributed by atoms with van der Waals surface area (Å²) in [5, 5.41) is 3.15. The van der Waals surface area contributed by atoms with Crippen molar-refractivity contribution in [1.29, 1.82) is 0 Å². The molecule has 120 valence electrons. The number of hydrogen-bond acceptors (Lipinski definition) is 3. The number of methoxy groups -OCH3 is 1. The van der Waals surface area contributed by atoms with Gasteiger partial charge in [-0.15, -0.1) is 0 Å². The topological polar surface area (TPSA) is 62.9 Å². The fourth-order valence-electron chi connectivity index (χ4n) is 2.42. The lowest BCUT2D eigenvalue weighted by Gasteiger charge is -2.30. The number of nitrogens with zero attached hydrogens (tertiary/aromatic N) is 2. The highest BCUT2D eigenvalue weighted by molar-refractivity contribution is 5.78. The standard InChI is InChI=1S/C15H34N4O/c1-7-19(8-2)14(9-12(3)4)10-17-15(16)18-13(5)11-20-6/h12-14H,7-11H2,1-6H3,(H3,16,17,18). The maximum absolute atomic E-state index is 5.93. The number of hydrogen-bond donors (Lipinski definition) is 2. The molecular formula is C15H34N4O. The van der Waals surface area contributed by atoms with E-state index >= 15 is 0 Å². The van der Waals surface area contributed by atoms with Crippen molar-refractivity contribution in [3.8, 4) is 0 Å². The minimum absolute atomic E-state index is 0.181. The zero-order chi connectivity index (χ0) is 15.5. The van der Waals surface area contributed by atoms with Crippen LogP contribution in [0.5, 0.6) is 0 Å². The fraction of sp³-hybridized carbons (Fsp3) is 0.933. The van der Waals surface area contributed by atoms with E-state index < -0.39 is 0 Å². The van der Waals surface area contributed by atoms with Gasteiger partial charge in [-0.05, 0) is 32.4 Å². The number of aliphatic imine (C=N–C) groups is 1. The molecule has 0 radical (unpaired) electrons. The third kappa shape index (κ3) is 8.38. The third-order valence-corrected chi connectivity index (χ3v) is 3.36. The fourth-order valence-corrected chi connectivity index (χ4v) is 2.42. The van der Waals surface area contributed by atoms with E-state index in [1.54, 1.807) is 7.11 Å². The molecular weight excluding hydrogens is 252 g/mol. The van der Waals surface area contributed by atoms with Gasteiger partial charge in [-0.25, -0.2) is 0 Å². The molecule has 20 heavy (non-hydrogen) atoms. The van der Waals surface area contributed by atoms with E-state index in [1.165, 1.54) is 0 Å². The molecule has 0 saturated carbocycles. The Labute approximate surface area is 125 Å². The lowest BCUT2D eigenvalue weighted by molar-refractivity contribution is 0.179. The first-order valence-electron chi connectivity index (χ1n) is 7.73. The summed E-state index contributed by atoms with van der Waals surface area (Å²) in [6.07, 6.45) is 1.14. The summed E-state index contributed by atoms with van der Waals surface area (Å²) < 4.78 is 5.07. The molecule has 0 heterocycles. The van der Waals surface area contributed by atoms with Crippen LogP contribution in [0.2, 0.25) is 0 Å². The Balaban J connectivity index is 4.48. The van der Waals surface area contributed by atoms with E-state index in [-0.39, 0.29) is 6.04 Å². The Morgan fingerprint density at radius 3 is 2.30 bits per heavy atom. The first-order chi connectivity index (χ1) is 9.44. The molecule has 0 aromatic rings. The van der Waals surface area contributed by atoms with Gasteiger partial charge in [0.1, 0.15) is 0 Å². The van der Waals surface area contributed by atoms with E-state index in [0.29, 0.717) is 24.5 Å². The molecule has 3 N–H and O–H groups in total. The monoisotopic (exact) mass is 286 g/mol. The Bertz CT molecular complexity index is 265. The summed E-state index contributed by atoms with van der Waals surface area (Å²) >= 11 is 0. The number of nitrogens with one attached hydrogen (secondary N) is 1. The molecule has 2 unspecified atom stereocenters. The van der Waals surface area contributed by atoms with Crippen molar-refractivity contribution in [1.82, 2.24) is 10.2 Å². The van der Waals surface area contributed by atoms with Crippen LogP contribution in [-0.2, 0) is 4.74 Å². The molecule has 0 saturated heterocycles. The second-order valence-electron chi connectivity index (χ2n) is 5.73. The van der Waals surface area contributed by atoms with Gasteiger partial charge in [-0.3, -0.25) is 9.89 Å². The van der Waals surface area contributed by atoms with Crippen molar-refractivity contribution in [2.75, 3.05) is 33.4 Å². The molecule has 0 aliphatic rings. The van der Waals surface area contributed by atoms with Crippen LogP contribution >= 0.6 is 0 Å². The van der Waals surface area contributed by atoms with Gasteiger partial charge in [-0.1, -0.05) is 27.7 Å². The summed E-state index contributed by atoms with van der Waals surface area (Å²) in [6.45, 7) is 14.4. The molecule has 0 rings (SSSR count). The largest absolute Gasteiger partial charge is 0.383 e. The van der Waals surface area contributed by atoms with E-state index in [4.69, 9.17) is 10.5 Å². The molecule has 5 nitrogen and oxygen atoms in total. The minimum Gasteiger partial charge on any atom is -0.383 e. The SMILES string of the molecule is CCN(CC)C(CN=C(N)NC(C)COC)CC(C)C. The summed E-state index contributed by atoms with van der Waals surface area (Å²) in [4.78, 5) is 6.96. The molecule has 0 aliphatic heterocycles. The summed E-state index contributed by atoms with van der Waals surface area (Å²) in [7, 11) is 1.69. The van der Waals surface area contributed by atoms with Gasteiger partial charge >= 0.3 is 0 Å². The van der Waals surface area contributed by atoms with E-state index in [2.05, 4.69) is 42.9 Å². The van der Waals surface area contributed by atoms with Gasteiger partial charge in [0.25, 0.3) is 0 Å². The molecule has 0 amide bonds. The Kier molecular flexibility index (Phi) is 10.5. The van der Waals surface area contributed by atoms with Crippen LogP contribution in [0.1, 0.15) is 41.0 Å². The van der Waals surface area contributed by atoms with Crippen LogP contribution in [0, 0.1) is 5.92 Å². The highest BCUT2D eigenvalue weighted by Crippen LogP contribution is 2.11. The molecule has 0 bridgehead atoms. The quantitative estimate of drug-likeness (QED) is 0.474. The van der Waals surface area contributed by atoms with Crippen LogP contribution in [0.4, 0.5) is 0 Å². The number of likely N-dealkylation sites (N-methyl/N-ethyl adjacent to an activating group) is 1. The summed E-state index contributed by atoms with van der Waals surface area (Å²) in [5.74, 6) is 1.17. The number of nitrogens with two attached hydrogens (primary N) is 1. The lowest BCUT2D eigenvalue weighted by atomic mass is 10.0. The number of ether oxygens (including phenoxy) is 1. The Hall–Kier alpha value is -0.810.